The topological polar surface area (TPSA) is 89.7 Å². The molecule has 16 heavy (non-hydrogen) atoms. The van der Waals surface area contributed by atoms with Crippen LogP contribution in [0.25, 0.3) is 0 Å². The lowest BCUT2D eigenvalue weighted by Crippen LogP contribution is -2.47. The van der Waals surface area contributed by atoms with Crippen LogP contribution in [0.15, 0.2) is 0 Å². The molecule has 1 aliphatic heterocycles. The Morgan fingerprint density at radius 3 is 2.62 bits per heavy atom. The van der Waals surface area contributed by atoms with Crippen LogP contribution in [0.4, 0.5) is 4.79 Å². The molecule has 94 valence electrons. The minimum atomic E-state index is -3.57. The Bertz CT molecular complexity index is 353. The lowest BCUT2D eigenvalue weighted by atomic mass is 10.1. The molecule has 1 saturated heterocycles. The Morgan fingerprint density at radius 2 is 2.12 bits per heavy atom. The van der Waals surface area contributed by atoms with E-state index >= 15 is 0 Å². The largest absolute Gasteiger partial charge is 0.447 e. The van der Waals surface area contributed by atoms with Gasteiger partial charge in [-0.2, -0.15) is 0 Å². The fraction of sp³-hybridized carbons (Fsp3) is 0.889. The maximum Gasteiger partial charge on any atom is 0.410 e. The fourth-order valence-electron chi connectivity index (χ4n) is 1.65. The van der Waals surface area contributed by atoms with Crippen molar-refractivity contribution < 1.29 is 17.9 Å². The number of nitrogens with two attached hydrogens (primary N) is 1. The van der Waals surface area contributed by atoms with E-state index < -0.39 is 21.4 Å². The summed E-state index contributed by atoms with van der Waals surface area (Å²) in [6.07, 6.45) is 0.462. The molecule has 0 aliphatic carbocycles. The van der Waals surface area contributed by atoms with E-state index in [4.69, 9.17) is 9.88 Å². The molecule has 1 atom stereocenters. The van der Waals surface area contributed by atoms with Crippen LogP contribution in [-0.2, 0) is 14.8 Å². The van der Waals surface area contributed by atoms with Crippen molar-refractivity contribution in [3.8, 4) is 0 Å². The highest BCUT2D eigenvalue weighted by Gasteiger charge is 2.31. The molecule has 1 rings (SSSR count). The smallest absolute Gasteiger partial charge is 0.410 e. The molecular weight excluding hydrogens is 232 g/mol. The van der Waals surface area contributed by atoms with Crippen LogP contribution < -0.4 is 5.14 Å². The van der Waals surface area contributed by atoms with Gasteiger partial charge in [-0.15, -0.1) is 0 Å². The molecule has 0 aromatic heterocycles. The van der Waals surface area contributed by atoms with E-state index in [9.17, 15) is 13.2 Å². The number of carbonyl (C=O) groups excluding carboxylic acids is 1. The van der Waals surface area contributed by atoms with Crippen LogP contribution in [0.1, 0.15) is 26.7 Å². The van der Waals surface area contributed by atoms with Crippen LogP contribution >= 0.6 is 0 Å². The predicted molar refractivity (Wildman–Crippen MR) is 59.3 cm³/mol. The molecule has 1 fully saturated rings. The number of piperidine rings is 1. The van der Waals surface area contributed by atoms with E-state index in [2.05, 4.69) is 0 Å². The number of rotatable bonds is 2. The number of carbonyl (C=O) groups is 1. The van der Waals surface area contributed by atoms with E-state index in [0.29, 0.717) is 19.4 Å². The normalized spacial score (nSPS) is 22.2. The SMILES string of the molecule is CC(C)OC(=O)N1CCCC(S(N)(=O)=O)C1. The maximum absolute atomic E-state index is 11.5. The molecule has 0 spiro atoms. The van der Waals surface area contributed by atoms with Gasteiger partial charge in [0.25, 0.3) is 0 Å². The zero-order valence-corrected chi connectivity index (χ0v) is 10.4. The van der Waals surface area contributed by atoms with Crippen molar-refractivity contribution in [1.29, 1.82) is 0 Å². The molecule has 1 aliphatic rings. The van der Waals surface area contributed by atoms with Crippen LogP contribution in [0.2, 0.25) is 0 Å². The van der Waals surface area contributed by atoms with Gasteiger partial charge < -0.3 is 9.64 Å². The molecule has 7 heteroatoms. The number of hydrogen-bond donors (Lipinski definition) is 1. The first-order valence-corrected chi connectivity index (χ1v) is 6.89. The monoisotopic (exact) mass is 250 g/mol. The lowest BCUT2D eigenvalue weighted by molar-refractivity contribution is 0.0716. The van der Waals surface area contributed by atoms with Crippen molar-refractivity contribution >= 4 is 16.1 Å². The summed E-state index contributed by atoms with van der Waals surface area (Å²) in [7, 11) is -3.57. The molecule has 0 saturated carbocycles. The molecule has 0 aromatic rings. The number of sulfonamides is 1. The van der Waals surface area contributed by atoms with E-state index in [1.807, 2.05) is 0 Å². The van der Waals surface area contributed by atoms with Gasteiger partial charge >= 0.3 is 6.09 Å². The van der Waals surface area contributed by atoms with Crippen LogP contribution in [-0.4, -0.2) is 43.9 Å². The van der Waals surface area contributed by atoms with Crippen LogP contribution in [0.3, 0.4) is 0 Å². The van der Waals surface area contributed by atoms with E-state index in [-0.39, 0.29) is 12.6 Å². The van der Waals surface area contributed by atoms with Crippen molar-refractivity contribution in [3.05, 3.63) is 0 Å². The quantitative estimate of drug-likeness (QED) is 0.762. The van der Waals surface area contributed by atoms with E-state index in [0.717, 1.165) is 0 Å². The van der Waals surface area contributed by atoms with Crippen molar-refractivity contribution in [3.63, 3.8) is 0 Å². The Balaban J connectivity index is 2.60. The highest BCUT2D eigenvalue weighted by Crippen LogP contribution is 2.16. The third-order valence-electron chi connectivity index (χ3n) is 2.44. The Morgan fingerprint density at radius 1 is 1.50 bits per heavy atom. The Hall–Kier alpha value is -0.820. The maximum atomic E-state index is 11.5. The second-order valence-electron chi connectivity index (χ2n) is 4.23. The van der Waals surface area contributed by atoms with Gasteiger partial charge in [0.05, 0.1) is 11.4 Å². The van der Waals surface area contributed by atoms with Crippen molar-refractivity contribution in [2.24, 2.45) is 5.14 Å². The lowest BCUT2D eigenvalue weighted by Gasteiger charge is -2.31. The van der Waals surface area contributed by atoms with Gasteiger partial charge in [0.15, 0.2) is 0 Å². The molecule has 6 nitrogen and oxygen atoms in total. The summed E-state index contributed by atoms with van der Waals surface area (Å²) in [5.41, 5.74) is 0. The summed E-state index contributed by atoms with van der Waals surface area (Å²) in [5.74, 6) is 0. The van der Waals surface area contributed by atoms with Crippen LogP contribution in [0.5, 0.6) is 0 Å². The zero-order valence-electron chi connectivity index (χ0n) is 9.55. The highest BCUT2D eigenvalue weighted by atomic mass is 32.2. The number of amides is 1. The zero-order chi connectivity index (χ0) is 12.3. The first-order valence-electron chi connectivity index (χ1n) is 5.28. The van der Waals surface area contributed by atoms with Crippen molar-refractivity contribution in [2.75, 3.05) is 13.1 Å². The summed E-state index contributed by atoms with van der Waals surface area (Å²) in [6.45, 7) is 4.15. The third-order valence-corrected chi connectivity index (χ3v) is 3.75. The average molecular weight is 250 g/mol. The fourth-order valence-corrected chi connectivity index (χ4v) is 2.53. The molecule has 0 radical (unpaired) electrons. The molecule has 1 amide bonds. The van der Waals surface area contributed by atoms with Gasteiger partial charge in [-0.05, 0) is 26.7 Å². The Labute approximate surface area is 95.8 Å². The second-order valence-corrected chi connectivity index (χ2v) is 6.08. The molecule has 2 N–H and O–H groups in total. The number of nitrogens with zero attached hydrogens (tertiary/aromatic N) is 1. The van der Waals surface area contributed by atoms with Gasteiger partial charge in [-0.3, -0.25) is 0 Å². The van der Waals surface area contributed by atoms with E-state index in [1.54, 1.807) is 13.8 Å². The second kappa shape index (κ2) is 5.01. The predicted octanol–water partition coefficient (Wildman–Crippen LogP) is 0.284. The summed E-state index contributed by atoms with van der Waals surface area (Å²) in [5, 5.41) is 4.40. The summed E-state index contributed by atoms with van der Waals surface area (Å²) in [6, 6.07) is 0. The molecule has 0 bridgehead atoms. The standard InChI is InChI=1S/C9H18N2O4S/c1-7(2)15-9(12)11-5-3-4-8(6-11)16(10,13)14/h7-8H,3-6H2,1-2H3,(H2,10,13,14). The van der Waals surface area contributed by atoms with Crippen molar-refractivity contribution in [2.45, 2.75) is 38.0 Å². The summed E-state index contributed by atoms with van der Waals surface area (Å²) in [4.78, 5) is 13.0. The molecule has 1 unspecified atom stereocenters. The minimum absolute atomic E-state index is 0.129. The molecule has 0 aromatic carbocycles. The van der Waals surface area contributed by atoms with Gasteiger partial charge in [0.2, 0.25) is 10.0 Å². The first kappa shape index (κ1) is 13.2. The van der Waals surface area contributed by atoms with Crippen LogP contribution in [0, 0.1) is 0 Å². The molecule has 1 heterocycles. The number of hydrogen-bond acceptors (Lipinski definition) is 4. The number of likely N-dealkylation sites (tertiary alicyclic amines) is 1. The average Bonchev–Trinajstić information content (AvgIpc) is 2.15. The summed E-state index contributed by atoms with van der Waals surface area (Å²) >= 11 is 0. The van der Waals surface area contributed by atoms with Gasteiger partial charge in [-0.25, -0.2) is 18.4 Å². The Kier molecular flexibility index (Phi) is 4.15. The number of primary sulfonamides is 1. The van der Waals surface area contributed by atoms with Gasteiger partial charge in [-0.1, -0.05) is 0 Å². The minimum Gasteiger partial charge on any atom is -0.447 e. The highest BCUT2D eigenvalue weighted by molar-refractivity contribution is 7.89. The molecular formula is C9H18N2O4S. The third kappa shape index (κ3) is 3.64. The van der Waals surface area contributed by atoms with E-state index in [1.165, 1.54) is 4.90 Å². The van der Waals surface area contributed by atoms with Gasteiger partial charge in [0, 0.05) is 13.1 Å². The first-order chi connectivity index (χ1) is 7.30. The summed E-state index contributed by atoms with van der Waals surface area (Å²) < 4.78 is 27.4. The number of ether oxygens (including phenoxy) is 1. The van der Waals surface area contributed by atoms with Crippen molar-refractivity contribution in [1.82, 2.24) is 4.90 Å². The van der Waals surface area contributed by atoms with Gasteiger partial charge in [0.1, 0.15) is 0 Å².